The maximum atomic E-state index is 13.4. The Morgan fingerprint density at radius 2 is 2.13 bits per heavy atom. The van der Waals surface area contributed by atoms with Gasteiger partial charge in [-0.1, -0.05) is 24.6 Å². The average Bonchev–Trinajstić information content (AvgIpc) is 2.30. The Bertz CT molecular complexity index is 323. The number of aliphatic hydroxyl groups excluding tert-OH is 1. The summed E-state index contributed by atoms with van der Waals surface area (Å²) in [6.07, 6.45) is 2.42. The van der Waals surface area contributed by atoms with Gasteiger partial charge in [0.05, 0.1) is 6.10 Å². The third-order valence-corrected chi connectivity index (χ3v) is 2.95. The Balaban J connectivity index is 2.12. The van der Waals surface area contributed by atoms with E-state index >= 15 is 0 Å². The molecule has 0 aliphatic carbocycles. The van der Waals surface area contributed by atoms with Crippen molar-refractivity contribution in [2.75, 3.05) is 6.54 Å². The molecule has 0 saturated carbocycles. The van der Waals surface area contributed by atoms with E-state index in [4.69, 9.17) is 0 Å². The zero-order chi connectivity index (χ0) is 10.7. The van der Waals surface area contributed by atoms with Crippen LogP contribution in [0.15, 0.2) is 24.3 Å². The van der Waals surface area contributed by atoms with E-state index in [1.165, 1.54) is 6.07 Å². The van der Waals surface area contributed by atoms with Gasteiger partial charge in [0.25, 0.3) is 0 Å². The van der Waals surface area contributed by atoms with E-state index in [2.05, 4.69) is 5.32 Å². The molecule has 1 aliphatic rings. The zero-order valence-corrected chi connectivity index (χ0v) is 8.62. The largest absolute Gasteiger partial charge is 0.387 e. The van der Waals surface area contributed by atoms with Crippen molar-refractivity contribution in [3.8, 4) is 0 Å². The molecule has 1 saturated heterocycles. The molecule has 2 rings (SSSR count). The maximum Gasteiger partial charge on any atom is 0.129 e. The second-order valence-corrected chi connectivity index (χ2v) is 4.02. The smallest absolute Gasteiger partial charge is 0.129 e. The second kappa shape index (κ2) is 4.73. The Labute approximate surface area is 89.1 Å². The fraction of sp³-hybridized carbons (Fsp3) is 0.500. The lowest BCUT2D eigenvalue weighted by molar-refractivity contribution is 0.110. The molecule has 3 heteroatoms. The average molecular weight is 209 g/mol. The molecule has 0 bridgehead atoms. The third kappa shape index (κ3) is 2.36. The molecule has 0 aromatic heterocycles. The first-order chi connectivity index (χ1) is 7.29. The molecule has 2 nitrogen and oxygen atoms in total. The number of aliphatic hydroxyl groups is 1. The van der Waals surface area contributed by atoms with Crippen LogP contribution in [0.3, 0.4) is 0 Å². The normalized spacial score (nSPS) is 23.7. The number of nitrogens with one attached hydrogen (secondary N) is 1. The van der Waals surface area contributed by atoms with Crippen molar-refractivity contribution in [3.63, 3.8) is 0 Å². The van der Waals surface area contributed by atoms with Gasteiger partial charge < -0.3 is 10.4 Å². The van der Waals surface area contributed by atoms with E-state index in [9.17, 15) is 9.50 Å². The van der Waals surface area contributed by atoms with Gasteiger partial charge in [0.2, 0.25) is 0 Å². The summed E-state index contributed by atoms with van der Waals surface area (Å²) >= 11 is 0. The lowest BCUT2D eigenvalue weighted by Gasteiger charge is -2.28. The monoisotopic (exact) mass is 209 g/mol. The summed E-state index contributed by atoms with van der Waals surface area (Å²) in [5.41, 5.74) is 0.400. The van der Waals surface area contributed by atoms with Crippen LogP contribution in [-0.4, -0.2) is 17.7 Å². The summed E-state index contributed by atoms with van der Waals surface area (Å²) in [4.78, 5) is 0. The van der Waals surface area contributed by atoms with E-state index in [0.717, 1.165) is 25.8 Å². The molecule has 2 N–H and O–H groups in total. The van der Waals surface area contributed by atoms with Crippen molar-refractivity contribution in [1.82, 2.24) is 5.32 Å². The van der Waals surface area contributed by atoms with Crippen LogP contribution >= 0.6 is 0 Å². The molecule has 0 amide bonds. The Kier molecular flexibility index (Phi) is 3.34. The number of rotatable bonds is 2. The molecule has 1 fully saturated rings. The Morgan fingerprint density at radius 3 is 2.80 bits per heavy atom. The molecule has 2 atom stereocenters. The van der Waals surface area contributed by atoms with Gasteiger partial charge in [-0.3, -0.25) is 0 Å². The van der Waals surface area contributed by atoms with E-state index < -0.39 is 6.10 Å². The van der Waals surface area contributed by atoms with E-state index in [1.54, 1.807) is 18.2 Å². The van der Waals surface area contributed by atoms with E-state index in [1.807, 2.05) is 0 Å². The van der Waals surface area contributed by atoms with Gasteiger partial charge in [-0.05, 0) is 25.5 Å². The van der Waals surface area contributed by atoms with Crippen LogP contribution in [0.2, 0.25) is 0 Å². The maximum absolute atomic E-state index is 13.4. The zero-order valence-electron chi connectivity index (χ0n) is 8.62. The summed E-state index contributed by atoms with van der Waals surface area (Å²) in [5.74, 6) is -0.322. The van der Waals surface area contributed by atoms with Crippen LogP contribution in [0.1, 0.15) is 30.9 Å². The highest BCUT2D eigenvalue weighted by atomic mass is 19.1. The number of hydrogen-bond acceptors (Lipinski definition) is 2. The van der Waals surface area contributed by atoms with Gasteiger partial charge in [0.1, 0.15) is 5.82 Å². The lowest BCUT2D eigenvalue weighted by Crippen LogP contribution is -2.39. The van der Waals surface area contributed by atoms with Crippen LogP contribution in [0.5, 0.6) is 0 Å². The highest BCUT2D eigenvalue weighted by Crippen LogP contribution is 2.24. The van der Waals surface area contributed by atoms with Crippen LogP contribution in [0, 0.1) is 5.82 Å². The number of halogens is 1. The van der Waals surface area contributed by atoms with Gasteiger partial charge >= 0.3 is 0 Å². The van der Waals surface area contributed by atoms with Crippen LogP contribution in [0.25, 0.3) is 0 Å². The number of hydrogen-bond donors (Lipinski definition) is 2. The van der Waals surface area contributed by atoms with Crippen molar-refractivity contribution >= 4 is 0 Å². The Hall–Kier alpha value is -0.930. The molecule has 2 unspecified atom stereocenters. The van der Waals surface area contributed by atoms with Gasteiger partial charge in [0, 0.05) is 11.6 Å². The molecule has 15 heavy (non-hydrogen) atoms. The first-order valence-electron chi connectivity index (χ1n) is 5.45. The van der Waals surface area contributed by atoms with Gasteiger partial charge in [-0.2, -0.15) is 0 Å². The van der Waals surface area contributed by atoms with E-state index in [0.29, 0.717) is 5.56 Å². The van der Waals surface area contributed by atoms with Crippen molar-refractivity contribution in [3.05, 3.63) is 35.6 Å². The predicted octanol–water partition coefficient (Wildman–Crippen LogP) is 2.00. The summed E-state index contributed by atoms with van der Waals surface area (Å²) < 4.78 is 13.4. The van der Waals surface area contributed by atoms with Gasteiger partial charge in [-0.15, -0.1) is 0 Å². The van der Waals surface area contributed by atoms with E-state index in [-0.39, 0.29) is 11.9 Å². The molecule has 1 heterocycles. The number of piperidine rings is 1. The predicted molar refractivity (Wildman–Crippen MR) is 57.0 cm³/mol. The molecule has 1 aliphatic heterocycles. The second-order valence-electron chi connectivity index (χ2n) is 4.02. The van der Waals surface area contributed by atoms with Gasteiger partial charge in [0.15, 0.2) is 0 Å². The fourth-order valence-electron chi connectivity index (χ4n) is 2.08. The minimum absolute atomic E-state index is 0.00403. The highest BCUT2D eigenvalue weighted by molar-refractivity contribution is 5.21. The molecule has 0 radical (unpaired) electrons. The molecule has 82 valence electrons. The molecule has 0 spiro atoms. The minimum Gasteiger partial charge on any atom is -0.387 e. The quantitative estimate of drug-likeness (QED) is 0.780. The van der Waals surface area contributed by atoms with Crippen molar-refractivity contribution in [2.45, 2.75) is 31.4 Å². The fourth-order valence-corrected chi connectivity index (χ4v) is 2.08. The summed E-state index contributed by atoms with van der Waals surface area (Å²) in [6.45, 7) is 0.913. The lowest BCUT2D eigenvalue weighted by atomic mass is 9.95. The van der Waals surface area contributed by atoms with Crippen molar-refractivity contribution < 1.29 is 9.50 Å². The topological polar surface area (TPSA) is 32.3 Å². The van der Waals surface area contributed by atoms with Crippen LogP contribution in [-0.2, 0) is 0 Å². The highest BCUT2D eigenvalue weighted by Gasteiger charge is 2.24. The third-order valence-electron chi connectivity index (χ3n) is 2.95. The molecular weight excluding hydrogens is 193 g/mol. The molecule has 1 aromatic rings. The Morgan fingerprint density at radius 1 is 1.33 bits per heavy atom. The van der Waals surface area contributed by atoms with Gasteiger partial charge in [-0.25, -0.2) is 4.39 Å². The minimum atomic E-state index is -0.730. The number of benzene rings is 1. The summed E-state index contributed by atoms with van der Waals surface area (Å²) in [6, 6.07) is 6.43. The van der Waals surface area contributed by atoms with Crippen molar-refractivity contribution in [1.29, 1.82) is 0 Å². The van der Waals surface area contributed by atoms with Crippen LogP contribution < -0.4 is 5.32 Å². The first kappa shape index (κ1) is 10.6. The standard InChI is InChI=1S/C12H16FNO/c13-10-6-2-1-5-9(10)12(15)11-7-3-4-8-14-11/h1-2,5-6,11-12,14-15H,3-4,7-8H2. The SMILES string of the molecule is OC(c1ccccc1F)C1CCCCN1. The van der Waals surface area contributed by atoms with Crippen LogP contribution in [0.4, 0.5) is 4.39 Å². The summed E-state index contributed by atoms with van der Waals surface area (Å²) in [7, 11) is 0. The van der Waals surface area contributed by atoms with Crippen molar-refractivity contribution in [2.24, 2.45) is 0 Å². The molecular formula is C12H16FNO. The summed E-state index contributed by atoms with van der Waals surface area (Å²) in [5, 5.41) is 13.3. The first-order valence-corrected chi connectivity index (χ1v) is 5.45. The molecule has 1 aromatic carbocycles.